The van der Waals surface area contributed by atoms with Crippen LogP contribution in [-0.4, -0.2) is 19.9 Å². The standard InChI is InChI=1S/C11H15N3O/c1-14-7-6-9(12)8-4-3-5-10(13)11(8)15-2/h3-7,12,14H,13H2,1-2H3/b7-6-,12-9?. The number of nitrogen functional groups attached to an aromatic ring is 1. The number of allylic oxidation sites excluding steroid dienone is 1. The summed E-state index contributed by atoms with van der Waals surface area (Å²) in [5, 5.41) is 10.6. The van der Waals surface area contributed by atoms with Gasteiger partial charge in [-0.25, -0.2) is 0 Å². The Bertz CT molecular complexity index is 385. The van der Waals surface area contributed by atoms with Gasteiger partial charge in [0.1, 0.15) is 0 Å². The van der Waals surface area contributed by atoms with E-state index in [0.29, 0.717) is 22.7 Å². The summed E-state index contributed by atoms with van der Waals surface area (Å²) in [7, 11) is 3.32. The van der Waals surface area contributed by atoms with Crippen LogP contribution >= 0.6 is 0 Å². The second kappa shape index (κ2) is 5.05. The van der Waals surface area contributed by atoms with Crippen molar-refractivity contribution >= 4 is 11.4 Å². The monoisotopic (exact) mass is 205 g/mol. The molecule has 80 valence electrons. The SMILES string of the molecule is CN/C=C\C(=N)c1cccc(N)c1OC. The topological polar surface area (TPSA) is 71.1 Å². The van der Waals surface area contributed by atoms with E-state index >= 15 is 0 Å². The number of benzene rings is 1. The van der Waals surface area contributed by atoms with E-state index in [1.165, 1.54) is 0 Å². The molecule has 0 atom stereocenters. The molecule has 0 aliphatic rings. The lowest BCUT2D eigenvalue weighted by molar-refractivity contribution is 0.416. The zero-order chi connectivity index (χ0) is 11.3. The second-order valence-electron chi connectivity index (χ2n) is 2.96. The Morgan fingerprint density at radius 2 is 2.27 bits per heavy atom. The van der Waals surface area contributed by atoms with Crippen LogP contribution in [0.15, 0.2) is 30.5 Å². The van der Waals surface area contributed by atoms with Gasteiger partial charge in [0.25, 0.3) is 0 Å². The molecule has 0 amide bonds. The minimum absolute atomic E-state index is 0.355. The fourth-order valence-electron chi connectivity index (χ4n) is 1.25. The van der Waals surface area contributed by atoms with Crippen LogP contribution in [0.4, 0.5) is 5.69 Å². The predicted octanol–water partition coefficient (Wildman–Crippen LogP) is 1.38. The van der Waals surface area contributed by atoms with Crippen molar-refractivity contribution < 1.29 is 4.74 Å². The maximum atomic E-state index is 7.81. The molecule has 0 radical (unpaired) electrons. The van der Waals surface area contributed by atoms with Gasteiger partial charge < -0.3 is 21.2 Å². The molecular formula is C11H15N3O. The first kappa shape index (κ1) is 11.1. The van der Waals surface area contributed by atoms with Gasteiger partial charge in [-0.1, -0.05) is 6.07 Å². The number of rotatable bonds is 4. The van der Waals surface area contributed by atoms with Crippen LogP contribution in [0.1, 0.15) is 5.56 Å². The minimum Gasteiger partial charge on any atom is -0.494 e. The van der Waals surface area contributed by atoms with Crippen molar-refractivity contribution in [3.05, 3.63) is 36.0 Å². The van der Waals surface area contributed by atoms with Gasteiger partial charge in [0, 0.05) is 12.6 Å². The Hall–Kier alpha value is -1.97. The van der Waals surface area contributed by atoms with Crippen LogP contribution in [0.5, 0.6) is 5.75 Å². The summed E-state index contributed by atoms with van der Waals surface area (Å²) >= 11 is 0. The lowest BCUT2D eigenvalue weighted by Crippen LogP contribution is -2.03. The van der Waals surface area contributed by atoms with Crippen molar-refractivity contribution in [3.8, 4) is 5.75 Å². The number of ether oxygens (including phenoxy) is 1. The average molecular weight is 205 g/mol. The highest BCUT2D eigenvalue weighted by Crippen LogP contribution is 2.26. The van der Waals surface area contributed by atoms with Crippen molar-refractivity contribution in [2.75, 3.05) is 19.9 Å². The number of nitrogens with two attached hydrogens (primary N) is 1. The largest absolute Gasteiger partial charge is 0.494 e. The number of nitrogens with one attached hydrogen (secondary N) is 2. The van der Waals surface area contributed by atoms with Crippen molar-refractivity contribution in [1.82, 2.24) is 5.32 Å². The van der Waals surface area contributed by atoms with E-state index in [4.69, 9.17) is 15.9 Å². The van der Waals surface area contributed by atoms with E-state index in [-0.39, 0.29) is 0 Å². The van der Waals surface area contributed by atoms with E-state index in [9.17, 15) is 0 Å². The van der Waals surface area contributed by atoms with Gasteiger partial charge in [-0.05, 0) is 24.4 Å². The van der Waals surface area contributed by atoms with E-state index in [0.717, 1.165) is 0 Å². The zero-order valence-corrected chi connectivity index (χ0v) is 8.87. The third-order valence-corrected chi connectivity index (χ3v) is 1.96. The summed E-state index contributed by atoms with van der Waals surface area (Å²) in [6, 6.07) is 5.35. The molecule has 0 aromatic heterocycles. The molecule has 4 N–H and O–H groups in total. The van der Waals surface area contributed by atoms with Gasteiger partial charge in [-0.15, -0.1) is 0 Å². The van der Waals surface area contributed by atoms with Crippen molar-refractivity contribution in [1.29, 1.82) is 5.41 Å². The highest BCUT2D eigenvalue weighted by atomic mass is 16.5. The molecule has 4 nitrogen and oxygen atoms in total. The zero-order valence-electron chi connectivity index (χ0n) is 8.87. The maximum absolute atomic E-state index is 7.81. The molecule has 0 fully saturated rings. The lowest BCUT2D eigenvalue weighted by atomic mass is 10.1. The third kappa shape index (κ3) is 2.49. The van der Waals surface area contributed by atoms with E-state index in [1.54, 1.807) is 44.6 Å². The van der Waals surface area contributed by atoms with Crippen molar-refractivity contribution in [2.24, 2.45) is 0 Å². The summed E-state index contributed by atoms with van der Waals surface area (Å²) < 4.78 is 5.16. The fraction of sp³-hybridized carbons (Fsp3) is 0.182. The molecule has 0 heterocycles. The van der Waals surface area contributed by atoms with E-state index in [1.807, 2.05) is 0 Å². The molecule has 1 aromatic rings. The quantitative estimate of drug-likeness (QED) is 0.513. The molecule has 0 aliphatic heterocycles. The van der Waals surface area contributed by atoms with Crippen LogP contribution in [0.2, 0.25) is 0 Å². The fourth-order valence-corrected chi connectivity index (χ4v) is 1.25. The molecule has 0 unspecified atom stereocenters. The van der Waals surface area contributed by atoms with E-state index in [2.05, 4.69) is 5.32 Å². The van der Waals surface area contributed by atoms with E-state index < -0.39 is 0 Å². The molecule has 0 saturated heterocycles. The maximum Gasteiger partial charge on any atom is 0.151 e. The first-order chi connectivity index (χ1) is 7.20. The normalized spacial score (nSPS) is 10.3. The summed E-state index contributed by atoms with van der Waals surface area (Å²) in [6.45, 7) is 0. The van der Waals surface area contributed by atoms with Crippen molar-refractivity contribution in [2.45, 2.75) is 0 Å². The van der Waals surface area contributed by atoms with Gasteiger partial charge in [0.2, 0.25) is 0 Å². The molecular weight excluding hydrogens is 190 g/mol. The average Bonchev–Trinajstić information content (AvgIpc) is 2.25. The third-order valence-electron chi connectivity index (χ3n) is 1.96. The molecule has 0 saturated carbocycles. The summed E-state index contributed by atoms with van der Waals surface area (Å²) in [4.78, 5) is 0. The van der Waals surface area contributed by atoms with Gasteiger partial charge in [-0.3, -0.25) is 0 Å². The smallest absolute Gasteiger partial charge is 0.151 e. The molecule has 0 aliphatic carbocycles. The number of para-hydroxylation sites is 1. The molecule has 0 bridgehead atoms. The van der Waals surface area contributed by atoms with Gasteiger partial charge in [0.05, 0.1) is 18.5 Å². The molecule has 1 rings (SSSR count). The summed E-state index contributed by atoms with van der Waals surface area (Å²) in [5.74, 6) is 0.545. The van der Waals surface area contributed by atoms with Crippen LogP contribution in [-0.2, 0) is 0 Å². The number of hydrogen-bond donors (Lipinski definition) is 3. The Morgan fingerprint density at radius 3 is 2.87 bits per heavy atom. The molecule has 15 heavy (non-hydrogen) atoms. The highest BCUT2D eigenvalue weighted by Gasteiger charge is 2.08. The van der Waals surface area contributed by atoms with Crippen LogP contribution in [0, 0.1) is 5.41 Å². The number of methoxy groups -OCH3 is 1. The first-order valence-corrected chi connectivity index (χ1v) is 4.56. The summed E-state index contributed by atoms with van der Waals surface area (Å²) in [6.07, 6.45) is 3.34. The molecule has 4 heteroatoms. The van der Waals surface area contributed by atoms with Crippen LogP contribution in [0.25, 0.3) is 0 Å². The van der Waals surface area contributed by atoms with Crippen LogP contribution < -0.4 is 15.8 Å². The Balaban J connectivity index is 3.08. The van der Waals surface area contributed by atoms with Crippen LogP contribution in [0.3, 0.4) is 0 Å². The first-order valence-electron chi connectivity index (χ1n) is 4.56. The second-order valence-corrected chi connectivity index (χ2v) is 2.96. The Morgan fingerprint density at radius 1 is 1.53 bits per heavy atom. The highest BCUT2D eigenvalue weighted by molar-refractivity contribution is 6.09. The summed E-state index contributed by atoms with van der Waals surface area (Å²) in [5.41, 5.74) is 7.32. The predicted molar refractivity (Wildman–Crippen MR) is 62.4 cm³/mol. The number of hydrogen-bond acceptors (Lipinski definition) is 4. The Kier molecular flexibility index (Phi) is 3.74. The lowest BCUT2D eigenvalue weighted by Gasteiger charge is -2.09. The van der Waals surface area contributed by atoms with Crippen molar-refractivity contribution in [3.63, 3.8) is 0 Å². The van der Waals surface area contributed by atoms with Gasteiger partial charge in [0.15, 0.2) is 5.75 Å². The number of anilines is 1. The van der Waals surface area contributed by atoms with Gasteiger partial charge >= 0.3 is 0 Å². The minimum atomic E-state index is 0.355. The van der Waals surface area contributed by atoms with Gasteiger partial charge in [-0.2, -0.15) is 0 Å². The Labute approximate surface area is 89.3 Å². The molecule has 0 spiro atoms. The molecule has 1 aromatic carbocycles.